The molecule has 3 nitrogen and oxygen atoms in total. The number of nitrogens with zero attached hydrogens (tertiary/aromatic N) is 1. The second-order valence-corrected chi connectivity index (χ2v) is 4.87. The number of phenols is 1. The van der Waals surface area contributed by atoms with E-state index in [9.17, 15) is 14.3 Å². The highest BCUT2D eigenvalue weighted by Crippen LogP contribution is 2.30. The molecule has 1 aliphatic rings. The second-order valence-electron chi connectivity index (χ2n) is 4.08. The summed E-state index contributed by atoms with van der Waals surface area (Å²) in [6.07, 6.45) is 2.00. The van der Waals surface area contributed by atoms with E-state index in [1.807, 2.05) is 0 Å². The van der Waals surface area contributed by atoms with Crippen LogP contribution >= 0.6 is 15.9 Å². The van der Waals surface area contributed by atoms with Gasteiger partial charge in [0, 0.05) is 24.0 Å². The van der Waals surface area contributed by atoms with E-state index >= 15 is 0 Å². The standard InChI is InChI=1S/C12H13BrFNO2/c13-5-6-15(9-2-3-9)12(17)10-4-1-8(14)7-11(10)16/h1,4,7,9,16H,2-3,5-6H2. The third-order valence-electron chi connectivity index (χ3n) is 2.76. The number of alkyl halides is 1. The van der Waals surface area contributed by atoms with Gasteiger partial charge in [-0.3, -0.25) is 4.79 Å². The van der Waals surface area contributed by atoms with Crippen LogP contribution in [-0.2, 0) is 0 Å². The zero-order valence-electron chi connectivity index (χ0n) is 9.20. The van der Waals surface area contributed by atoms with E-state index in [4.69, 9.17) is 0 Å². The quantitative estimate of drug-likeness (QED) is 0.868. The van der Waals surface area contributed by atoms with Gasteiger partial charge in [-0.25, -0.2) is 4.39 Å². The van der Waals surface area contributed by atoms with Crippen molar-refractivity contribution in [1.82, 2.24) is 4.90 Å². The molecule has 0 aliphatic heterocycles. The molecule has 0 saturated heterocycles. The minimum atomic E-state index is -0.544. The number of amides is 1. The first-order valence-corrected chi connectivity index (χ1v) is 6.61. The van der Waals surface area contributed by atoms with Gasteiger partial charge in [0.1, 0.15) is 11.6 Å². The first-order valence-electron chi connectivity index (χ1n) is 5.49. The summed E-state index contributed by atoms with van der Waals surface area (Å²) in [4.78, 5) is 13.9. The van der Waals surface area contributed by atoms with Gasteiger partial charge in [-0.15, -0.1) is 0 Å². The van der Waals surface area contributed by atoms with Crippen LogP contribution in [0.2, 0.25) is 0 Å². The molecule has 92 valence electrons. The van der Waals surface area contributed by atoms with Crippen LogP contribution < -0.4 is 0 Å². The molecule has 1 N–H and O–H groups in total. The van der Waals surface area contributed by atoms with Crippen LogP contribution in [-0.4, -0.2) is 33.8 Å². The largest absolute Gasteiger partial charge is 0.507 e. The first-order chi connectivity index (χ1) is 8.13. The fourth-order valence-corrected chi connectivity index (χ4v) is 2.15. The van der Waals surface area contributed by atoms with E-state index in [0.717, 1.165) is 18.9 Å². The molecule has 0 spiro atoms. The van der Waals surface area contributed by atoms with Crippen molar-refractivity contribution in [3.8, 4) is 5.75 Å². The van der Waals surface area contributed by atoms with Crippen LogP contribution in [0, 0.1) is 5.82 Å². The topological polar surface area (TPSA) is 40.5 Å². The van der Waals surface area contributed by atoms with E-state index in [1.165, 1.54) is 12.1 Å². The average Bonchev–Trinajstić information content (AvgIpc) is 3.09. The summed E-state index contributed by atoms with van der Waals surface area (Å²) in [6, 6.07) is 3.75. The molecular weight excluding hydrogens is 289 g/mol. The van der Waals surface area contributed by atoms with Crippen molar-refractivity contribution in [2.45, 2.75) is 18.9 Å². The zero-order chi connectivity index (χ0) is 12.4. The third kappa shape index (κ3) is 2.77. The van der Waals surface area contributed by atoms with Gasteiger partial charge in [-0.05, 0) is 25.0 Å². The maximum atomic E-state index is 12.8. The summed E-state index contributed by atoms with van der Waals surface area (Å²) in [6.45, 7) is 0.598. The molecular formula is C12H13BrFNO2. The van der Waals surface area contributed by atoms with E-state index in [2.05, 4.69) is 15.9 Å². The second kappa shape index (κ2) is 5.04. The number of aromatic hydroxyl groups is 1. The molecule has 1 fully saturated rings. The number of carbonyl (C=O) groups excluding carboxylic acids is 1. The molecule has 5 heteroatoms. The lowest BCUT2D eigenvalue weighted by Crippen LogP contribution is -2.34. The van der Waals surface area contributed by atoms with Crippen molar-refractivity contribution in [1.29, 1.82) is 0 Å². The van der Waals surface area contributed by atoms with Crippen LogP contribution in [0.15, 0.2) is 18.2 Å². The Morgan fingerprint density at radius 2 is 2.24 bits per heavy atom. The van der Waals surface area contributed by atoms with Crippen molar-refractivity contribution in [2.24, 2.45) is 0 Å². The molecule has 0 aromatic heterocycles. The normalized spacial score (nSPS) is 14.7. The van der Waals surface area contributed by atoms with Gasteiger partial charge >= 0.3 is 0 Å². The monoisotopic (exact) mass is 301 g/mol. The molecule has 1 aliphatic carbocycles. The summed E-state index contributed by atoms with van der Waals surface area (Å²) in [5.41, 5.74) is 0.166. The minimum absolute atomic E-state index is 0.166. The Bertz CT molecular complexity index is 435. The Labute approximate surface area is 107 Å². The van der Waals surface area contributed by atoms with Crippen LogP contribution in [0.4, 0.5) is 4.39 Å². The van der Waals surface area contributed by atoms with E-state index < -0.39 is 5.82 Å². The van der Waals surface area contributed by atoms with Crippen LogP contribution in [0.3, 0.4) is 0 Å². The number of rotatable bonds is 4. The molecule has 0 heterocycles. The van der Waals surface area contributed by atoms with Gasteiger partial charge in [0.05, 0.1) is 5.56 Å². The van der Waals surface area contributed by atoms with Crippen LogP contribution in [0.1, 0.15) is 23.2 Å². The van der Waals surface area contributed by atoms with Crippen LogP contribution in [0.5, 0.6) is 5.75 Å². The molecule has 1 amide bonds. The third-order valence-corrected chi connectivity index (χ3v) is 3.12. The smallest absolute Gasteiger partial charge is 0.257 e. The SMILES string of the molecule is O=C(c1ccc(F)cc1O)N(CCBr)C1CC1. The zero-order valence-corrected chi connectivity index (χ0v) is 10.8. The fourth-order valence-electron chi connectivity index (χ4n) is 1.77. The van der Waals surface area contributed by atoms with Crippen molar-refractivity contribution < 1.29 is 14.3 Å². The summed E-state index contributed by atoms with van der Waals surface area (Å²) >= 11 is 3.30. The van der Waals surface area contributed by atoms with Gasteiger partial charge < -0.3 is 10.0 Å². The fraction of sp³-hybridized carbons (Fsp3) is 0.417. The van der Waals surface area contributed by atoms with Crippen molar-refractivity contribution >= 4 is 21.8 Å². The van der Waals surface area contributed by atoms with Crippen LogP contribution in [0.25, 0.3) is 0 Å². The minimum Gasteiger partial charge on any atom is -0.507 e. The molecule has 0 bridgehead atoms. The highest BCUT2D eigenvalue weighted by molar-refractivity contribution is 9.09. The Morgan fingerprint density at radius 1 is 1.53 bits per heavy atom. The Hall–Kier alpha value is -1.10. The first kappa shape index (κ1) is 12.4. The van der Waals surface area contributed by atoms with Gasteiger partial charge in [0.25, 0.3) is 5.91 Å². The molecule has 0 radical (unpaired) electrons. The van der Waals surface area contributed by atoms with Gasteiger partial charge in [0.2, 0.25) is 0 Å². The van der Waals surface area contributed by atoms with E-state index in [-0.39, 0.29) is 23.3 Å². The van der Waals surface area contributed by atoms with Crippen molar-refractivity contribution in [3.05, 3.63) is 29.6 Å². The predicted octanol–water partition coefficient (Wildman–Crippen LogP) is 2.53. The summed E-state index contributed by atoms with van der Waals surface area (Å²) < 4.78 is 12.8. The summed E-state index contributed by atoms with van der Waals surface area (Å²) in [7, 11) is 0. The lowest BCUT2D eigenvalue weighted by Gasteiger charge is -2.21. The Morgan fingerprint density at radius 3 is 2.76 bits per heavy atom. The van der Waals surface area contributed by atoms with Gasteiger partial charge in [-0.2, -0.15) is 0 Å². The number of benzene rings is 1. The van der Waals surface area contributed by atoms with Crippen molar-refractivity contribution in [2.75, 3.05) is 11.9 Å². The number of hydrogen-bond acceptors (Lipinski definition) is 2. The number of halogens is 2. The molecule has 1 aromatic rings. The number of hydrogen-bond donors (Lipinski definition) is 1. The molecule has 0 unspecified atom stereocenters. The maximum absolute atomic E-state index is 12.8. The summed E-state index contributed by atoms with van der Waals surface area (Å²) in [5.74, 6) is -1.07. The molecule has 0 atom stereocenters. The summed E-state index contributed by atoms with van der Waals surface area (Å²) in [5, 5.41) is 10.3. The Kier molecular flexibility index (Phi) is 3.66. The lowest BCUT2D eigenvalue weighted by atomic mass is 10.1. The molecule has 2 rings (SSSR count). The molecule has 1 saturated carbocycles. The lowest BCUT2D eigenvalue weighted by molar-refractivity contribution is 0.0751. The highest BCUT2D eigenvalue weighted by atomic mass is 79.9. The maximum Gasteiger partial charge on any atom is 0.257 e. The van der Waals surface area contributed by atoms with Gasteiger partial charge in [0.15, 0.2) is 0 Å². The average molecular weight is 302 g/mol. The molecule has 1 aromatic carbocycles. The van der Waals surface area contributed by atoms with E-state index in [1.54, 1.807) is 4.90 Å². The Balaban J connectivity index is 2.22. The van der Waals surface area contributed by atoms with E-state index in [0.29, 0.717) is 11.9 Å². The van der Waals surface area contributed by atoms with Gasteiger partial charge in [-0.1, -0.05) is 15.9 Å². The highest BCUT2D eigenvalue weighted by Gasteiger charge is 2.33. The molecule has 17 heavy (non-hydrogen) atoms. The van der Waals surface area contributed by atoms with Crippen molar-refractivity contribution in [3.63, 3.8) is 0 Å². The number of phenolic OH excluding ortho intramolecular Hbond substituents is 1. The predicted molar refractivity (Wildman–Crippen MR) is 65.9 cm³/mol. The number of carbonyl (C=O) groups is 1.